The molecule has 0 saturated heterocycles. The molecule has 0 saturated carbocycles. The lowest BCUT2D eigenvalue weighted by Crippen LogP contribution is -2.11. The second-order valence-electron chi connectivity index (χ2n) is 2.13. The molecule has 0 N–H and O–H groups in total. The molecule has 0 aliphatic carbocycles. The molecule has 0 amide bonds. The third-order valence-electron chi connectivity index (χ3n) is 1.24. The van der Waals surface area contributed by atoms with Gasteiger partial charge in [0.15, 0.2) is 0 Å². The van der Waals surface area contributed by atoms with Crippen LogP contribution in [-0.2, 0) is 16.3 Å². The van der Waals surface area contributed by atoms with E-state index in [-0.39, 0.29) is 0 Å². The van der Waals surface area contributed by atoms with Gasteiger partial charge in [-0.2, -0.15) is 4.08 Å². The second-order valence-corrected chi connectivity index (χ2v) is 8.33. The molecular weight excluding hydrogens is 265 g/mol. The second kappa shape index (κ2) is 5.95. The summed E-state index contributed by atoms with van der Waals surface area (Å²) in [4.78, 5) is 0. The Hall–Kier alpha value is 1.40. The molecule has 2 nitrogen and oxygen atoms in total. The van der Waals surface area contributed by atoms with E-state index in [0.29, 0.717) is 0 Å². The van der Waals surface area contributed by atoms with Gasteiger partial charge < -0.3 is 4.52 Å². The van der Waals surface area contributed by atoms with Gasteiger partial charge in [0.2, 0.25) is 0 Å². The zero-order valence-electron chi connectivity index (χ0n) is 6.91. The lowest BCUT2D eigenvalue weighted by Gasteiger charge is -2.26. The fourth-order valence-corrected chi connectivity index (χ4v) is 6.17. The molecule has 0 spiro atoms. The highest BCUT2D eigenvalue weighted by atomic mass is 79.9. The molecule has 0 bridgehead atoms. The van der Waals surface area contributed by atoms with Crippen molar-refractivity contribution in [2.45, 2.75) is 13.3 Å². The third kappa shape index (κ3) is 4.25. The molecule has 1 unspecified atom stereocenters. The van der Waals surface area contributed by atoms with Crippen LogP contribution in [0.4, 0.5) is 0 Å². The van der Waals surface area contributed by atoms with Crippen LogP contribution in [0.25, 0.3) is 0 Å². The third-order valence-corrected chi connectivity index (χ3v) is 7.52. The van der Waals surface area contributed by atoms with Crippen LogP contribution in [-0.4, -0.2) is 24.4 Å². The average Bonchev–Trinajstić information content (AvgIpc) is 2.00. The Morgan fingerprint density at radius 3 is 2.55 bits per heavy atom. The summed E-state index contributed by atoms with van der Waals surface area (Å²) in [7, 11) is 3.17. The standard InChI is InChI=1S/C5H13BrNOPS2/c1-4-5-7(11-6)9(3,10)8-2/h4-5H2,1-3H3. The summed E-state index contributed by atoms with van der Waals surface area (Å²) in [5, 5.41) is 0. The van der Waals surface area contributed by atoms with Crippen molar-refractivity contribution < 1.29 is 4.52 Å². The Morgan fingerprint density at radius 2 is 2.27 bits per heavy atom. The van der Waals surface area contributed by atoms with Gasteiger partial charge in [-0.25, -0.2) is 0 Å². The molecule has 6 heteroatoms. The number of nitrogens with zero attached hydrogens (tertiary/aromatic N) is 1. The molecule has 0 aliphatic heterocycles. The molecular formula is C5H13BrNOPS2. The number of hydrogen-bond acceptors (Lipinski definition) is 3. The van der Waals surface area contributed by atoms with Crippen LogP contribution >= 0.6 is 31.6 Å². The summed E-state index contributed by atoms with van der Waals surface area (Å²) in [6, 6.07) is 0. The van der Waals surface area contributed by atoms with Crippen LogP contribution in [0, 0.1) is 0 Å². The lowest BCUT2D eigenvalue weighted by molar-refractivity contribution is 0.432. The monoisotopic (exact) mass is 277 g/mol. The largest absolute Gasteiger partial charge is 0.341 e. The van der Waals surface area contributed by atoms with Crippen molar-refractivity contribution >= 4 is 43.4 Å². The van der Waals surface area contributed by atoms with E-state index in [2.05, 4.69) is 25.8 Å². The summed E-state index contributed by atoms with van der Waals surface area (Å²) in [5.41, 5.74) is 0. The first-order valence-electron chi connectivity index (χ1n) is 3.28. The Labute approximate surface area is 85.5 Å². The SMILES string of the molecule is CCCN(SBr)P(C)(=S)OC. The van der Waals surface area contributed by atoms with Crippen molar-refractivity contribution in [3.8, 4) is 0 Å². The van der Waals surface area contributed by atoms with Gasteiger partial charge in [-0.15, -0.1) is 0 Å². The predicted octanol–water partition coefficient (Wildman–Crippen LogP) is 3.24. The van der Waals surface area contributed by atoms with E-state index in [1.807, 2.05) is 6.66 Å². The minimum atomic E-state index is -1.72. The van der Waals surface area contributed by atoms with Gasteiger partial charge >= 0.3 is 0 Å². The molecule has 0 fully saturated rings. The van der Waals surface area contributed by atoms with E-state index in [0.717, 1.165) is 13.0 Å². The lowest BCUT2D eigenvalue weighted by atomic mass is 10.5. The summed E-state index contributed by atoms with van der Waals surface area (Å²) >= 11 is 8.61. The quantitative estimate of drug-likeness (QED) is 0.565. The number of hydrogen-bond donors (Lipinski definition) is 0. The van der Waals surface area contributed by atoms with Crippen LogP contribution < -0.4 is 0 Å². The van der Waals surface area contributed by atoms with Crippen molar-refractivity contribution in [1.82, 2.24) is 4.08 Å². The van der Waals surface area contributed by atoms with Gasteiger partial charge in [-0.3, -0.25) is 0 Å². The fourth-order valence-electron chi connectivity index (χ4n) is 0.555. The topological polar surface area (TPSA) is 12.5 Å². The fraction of sp³-hybridized carbons (Fsp3) is 1.00. The minimum absolute atomic E-state index is 0.970. The molecule has 68 valence electrons. The van der Waals surface area contributed by atoms with Crippen LogP contribution in [0.5, 0.6) is 0 Å². The van der Waals surface area contributed by atoms with E-state index in [9.17, 15) is 0 Å². The molecule has 0 radical (unpaired) electrons. The number of rotatable bonds is 5. The van der Waals surface area contributed by atoms with Gasteiger partial charge in [0.25, 0.3) is 0 Å². The first-order valence-corrected chi connectivity index (χ1v) is 9.02. The summed E-state index contributed by atoms with van der Waals surface area (Å²) in [6.45, 7) is 5.07. The zero-order chi connectivity index (χ0) is 8.91. The molecule has 0 aromatic heterocycles. The van der Waals surface area contributed by atoms with Crippen LogP contribution in [0.15, 0.2) is 0 Å². The van der Waals surface area contributed by atoms with Crippen LogP contribution in [0.1, 0.15) is 13.3 Å². The van der Waals surface area contributed by atoms with Crippen LogP contribution in [0.3, 0.4) is 0 Å². The van der Waals surface area contributed by atoms with E-state index in [4.69, 9.17) is 16.3 Å². The van der Waals surface area contributed by atoms with E-state index in [1.165, 1.54) is 10.4 Å². The van der Waals surface area contributed by atoms with Crippen molar-refractivity contribution in [3.63, 3.8) is 0 Å². The predicted molar refractivity (Wildman–Crippen MR) is 60.7 cm³/mol. The zero-order valence-corrected chi connectivity index (χ0v) is 11.0. The molecule has 0 rings (SSSR count). The summed E-state index contributed by atoms with van der Waals surface area (Å²) in [6.07, 6.45) is -0.626. The molecule has 0 aromatic rings. The van der Waals surface area contributed by atoms with Crippen molar-refractivity contribution in [1.29, 1.82) is 0 Å². The first-order chi connectivity index (χ1) is 5.08. The smallest absolute Gasteiger partial charge is 0.138 e. The van der Waals surface area contributed by atoms with Crippen LogP contribution in [0.2, 0.25) is 0 Å². The molecule has 1 atom stereocenters. The Kier molecular flexibility index (Phi) is 6.70. The average molecular weight is 278 g/mol. The van der Waals surface area contributed by atoms with Gasteiger partial charge in [0.1, 0.15) is 6.42 Å². The van der Waals surface area contributed by atoms with Crippen molar-refractivity contribution in [2.24, 2.45) is 0 Å². The van der Waals surface area contributed by atoms with Crippen molar-refractivity contribution in [2.75, 3.05) is 20.3 Å². The highest BCUT2D eigenvalue weighted by Gasteiger charge is 2.18. The van der Waals surface area contributed by atoms with E-state index >= 15 is 0 Å². The van der Waals surface area contributed by atoms with E-state index < -0.39 is 6.42 Å². The molecule has 0 heterocycles. The normalized spacial score (nSPS) is 16.8. The van der Waals surface area contributed by atoms with Gasteiger partial charge in [-0.05, 0) is 18.2 Å². The van der Waals surface area contributed by atoms with Gasteiger partial charge in [0.05, 0.1) is 0 Å². The Balaban J connectivity index is 4.12. The van der Waals surface area contributed by atoms with Gasteiger partial charge in [0, 0.05) is 45.5 Å². The molecule has 0 aromatic carbocycles. The maximum atomic E-state index is 5.29. The first kappa shape index (κ1) is 12.4. The van der Waals surface area contributed by atoms with Gasteiger partial charge in [-0.1, -0.05) is 6.92 Å². The summed E-state index contributed by atoms with van der Waals surface area (Å²) < 4.78 is 7.33. The minimum Gasteiger partial charge on any atom is -0.341 e. The Bertz CT molecular complexity index is 157. The highest BCUT2D eigenvalue weighted by Crippen LogP contribution is 2.52. The maximum absolute atomic E-state index is 5.29. The molecule has 0 aliphatic rings. The summed E-state index contributed by atoms with van der Waals surface area (Å²) in [5.74, 6) is 0. The van der Waals surface area contributed by atoms with E-state index in [1.54, 1.807) is 7.11 Å². The Morgan fingerprint density at radius 1 is 1.73 bits per heavy atom. The highest BCUT2D eigenvalue weighted by molar-refractivity contribution is 9.50. The molecule has 11 heavy (non-hydrogen) atoms. The number of halogens is 1. The van der Waals surface area contributed by atoms with Crippen molar-refractivity contribution in [3.05, 3.63) is 0 Å². The maximum Gasteiger partial charge on any atom is 0.138 e.